The minimum absolute atomic E-state index is 0.573. The molecule has 0 aliphatic carbocycles. The summed E-state index contributed by atoms with van der Waals surface area (Å²) < 4.78 is 0. The maximum atomic E-state index is 6.17. The van der Waals surface area contributed by atoms with E-state index >= 15 is 0 Å². The number of anilines is 1. The van der Waals surface area contributed by atoms with Crippen molar-refractivity contribution in [2.45, 2.75) is 52.6 Å². The highest BCUT2D eigenvalue weighted by Crippen LogP contribution is 2.27. The minimum Gasteiger partial charge on any atom is -0.371 e. The number of hydrogen-bond acceptors (Lipinski definition) is 2. The normalized spacial score (nSPS) is 11.1. The van der Waals surface area contributed by atoms with Crippen LogP contribution in [0.25, 0.3) is 0 Å². The van der Waals surface area contributed by atoms with E-state index in [4.69, 9.17) is 11.6 Å². The second-order valence-corrected chi connectivity index (χ2v) is 5.47. The summed E-state index contributed by atoms with van der Waals surface area (Å²) in [5.74, 6) is 0. The van der Waals surface area contributed by atoms with Gasteiger partial charge < -0.3 is 10.2 Å². The van der Waals surface area contributed by atoms with Gasteiger partial charge in [-0.15, -0.1) is 0 Å². The average molecular weight is 283 g/mol. The highest BCUT2D eigenvalue weighted by atomic mass is 35.5. The van der Waals surface area contributed by atoms with Crippen LogP contribution in [0.15, 0.2) is 18.2 Å². The number of halogens is 1. The lowest BCUT2D eigenvalue weighted by atomic mass is 10.1. The van der Waals surface area contributed by atoms with Crippen molar-refractivity contribution in [3.63, 3.8) is 0 Å². The van der Waals surface area contributed by atoms with Crippen LogP contribution in [0.4, 0.5) is 5.69 Å². The average Bonchev–Trinajstić information content (AvgIpc) is 2.41. The molecule has 0 aliphatic rings. The van der Waals surface area contributed by atoms with Gasteiger partial charge in [-0.25, -0.2) is 0 Å². The van der Waals surface area contributed by atoms with E-state index in [1.807, 2.05) is 6.07 Å². The van der Waals surface area contributed by atoms with Crippen molar-refractivity contribution in [1.29, 1.82) is 0 Å². The van der Waals surface area contributed by atoms with Crippen molar-refractivity contribution >= 4 is 17.3 Å². The number of nitrogens with zero attached hydrogens (tertiary/aromatic N) is 1. The fraction of sp³-hybridized carbons (Fsp3) is 0.625. The second kappa shape index (κ2) is 8.44. The van der Waals surface area contributed by atoms with Crippen molar-refractivity contribution in [1.82, 2.24) is 5.32 Å². The molecule has 3 heteroatoms. The van der Waals surface area contributed by atoms with E-state index in [9.17, 15) is 0 Å². The monoisotopic (exact) mass is 282 g/mol. The van der Waals surface area contributed by atoms with Gasteiger partial charge in [-0.05, 0) is 43.5 Å². The third kappa shape index (κ3) is 4.70. The van der Waals surface area contributed by atoms with Gasteiger partial charge in [0.15, 0.2) is 0 Å². The minimum atomic E-state index is 0.573. The van der Waals surface area contributed by atoms with Crippen molar-refractivity contribution in [3.8, 4) is 0 Å². The third-order valence-electron chi connectivity index (χ3n) is 3.66. The molecule has 0 radical (unpaired) electrons. The molecule has 0 spiro atoms. The van der Waals surface area contributed by atoms with Gasteiger partial charge in [-0.2, -0.15) is 0 Å². The van der Waals surface area contributed by atoms with E-state index in [0.29, 0.717) is 6.04 Å². The van der Waals surface area contributed by atoms with Gasteiger partial charge in [0, 0.05) is 30.3 Å². The van der Waals surface area contributed by atoms with Gasteiger partial charge in [-0.3, -0.25) is 0 Å². The Morgan fingerprint density at radius 3 is 2.47 bits per heavy atom. The summed E-state index contributed by atoms with van der Waals surface area (Å²) in [7, 11) is 2.17. The predicted octanol–water partition coefficient (Wildman–Crippen LogP) is 4.46. The number of benzene rings is 1. The van der Waals surface area contributed by atoms with E-state index in [0.717, 1.165) is 37.4 Å². The molecule has 1 rings (SSSR count). The first-order valence-corrected chi connectivity index (χ1v) is 7.73. The predicted molar refractivity (Wildman–Crippen MR) is 86.2 cm³/mol. The van der Waals surface area contributed by atoms with Gasteiger partial charge in [-0.1, -0.05) is 38.4 Å². The summed E-state index contributed by atoms with van der Waals surface area (Å²) in [6.07, 6.45) is 3.47. The van der Waals surface area contributed by atoms with Crippen LogP contribution in [0.1, 0.15) is 45.6 Å². The molecule has 0 amide bonds. The first kappa shape index (κ1) is 16.3. The molecule has 0 aliphatic heterocycles. The lowest BCUT2D eigenvalue weighted by molar-refractivity contribution is 0.587. The summed E-state index contributed by atoms with van der Waals surface area (Å²) in [6.45, 7) is 8.63. The zero-order valence-electron chi connectivity index (χ0n) is 12.7. The quantitative estimate of drug-likeness (QED) is 0.708. The zero-order valence-corrected chi connectivity index (χ0v) is 13.4. The molecule has 0 fully saturated rings. The second-order valence-electron chi connectivity index (χ2n) is 5.03. The summed E-state index contributed by atoms with van der Waals surface area (Å²) >= 11 is 6.17. The van der Waals surface area contributed by atoms with Crippen LogP contribution in [0.3, 0.4) is 0 Å². The molecule has 0 bridgehead atoms. The molecular formula is C16H27ClN2. The smallest absolute Gasteiger partial charge is 0.0426 e. The van der Waals surface area contributed by atoms with Crippen LogP contribution in [0.5, 0.6) is 0 Å². The van der Waals surface area contributed by atoms with E-state index in [2.05, 4.69) is 50.2 Å². The van der Waals surface area contributed by atoms with Crippen molar-refractivity contribution < 1.29 is 0 Å². The molecule has 2 nitrogen and oxygen atoms in total. The van der Waals surface area contributed by atoms with Crippen molar-refractivity contribution in [2.24, 2.45) is 0 Å². The van der Waals surface area contributed by atoms with Crippen LogP contribution in [0.2, 0.25) is 5.02 Å². The molecule has 1 aromatic carbocycles. The molecule has 108 valence electrons. The summed E-state index contributed by atoms with van der Waals surface area (Å²) in [6, 6.07) is 6.78. The van der Waals surface area contributed by atoms with E-state index in [1.165, 1.54) is 11.3 Å². The molecule has 1 N–H and O–H groups in total. The Hall–Kier alpha value is -0.730. The molecule has 1 aromatic rings. The van der Waals surface area contributed by atoms with Gasteiger partial charge >= 0.3 is 0 Å². The lowest BCUT2D eigenvalue weighted by Gasteiger charge is -2.30. The number of rotatable bonds is 8. The largest absolute Gasteiger partial charge is 0.371 e. The fourth-order valence-corrected chi connectivity index (χ4v) is 2.61. The molecule has 0 heterocycles. The van der Waals surface area contributed by atoms with Crippen LogP contribution < -0.4 is 10.2 Å². The highest BCUT2D eigenvalue weighted by Gasteiger charge is 2.14. The maximum Gasteiger partial charge on any atom is 0.0426 e. The zero-order chi connectivity index (χ0) is 14.3. The summed E-state index contributed by atoms with van der Waals surface area (Å²) in [5, 5.41) is 4.28. The molecular weight excluding hydrogens is 256 g/mol. The van der Waals surface area contributed by atoms with Crippen LogP contribution in [-0.2, 0) is 6.54 Å². The van der Waals surface area contributed by atoms with Gasteiger partial charge in [0.2, 0.25) is 0 Å². The van der Waals surface area contributed by atoms with Gasteiger partial charge in [0.25, 0.3) is 0 Å². The van der Waals surface area contributed by atoms with Crippen molar-refractivity contribution in [2.75, 3.05) is 18.5 Å². The lowest BCUT2D eigenvalue weighted by Crippen LogP contribution is -2.31. The topological polar surface area (TPSA) is 15.3 Å². The highest BCUT2D eigenvalue weighted by molar-refractivity contribution is 6.30. The maximum absolute atomic E-state index is 6.17. The van der Waals surface area contributed by atoms with Crippen LogP contribution in [-0.4, -0.2) is 19.6 Å². The molecule has 0 unspecified atom stereocenters. The van der Waals surface area contributed by atoms with Crippen LogP contribution in [0, 0.1) is 0 Å². The molecule has 0 atom stereocenters. The third-order valence-corrected chi connectivity index (χ3v) is 3.89. The van der Waals surface area contributed by atoms with E-state index in [1.54, 1.807) is 0 Å². The summed E-state index contributed by atoms with van der Waals surface area (Å²) in [5.41, 5.74) is 2.58. The van der Waals surface area contributed by atoms with Crippen molar-refractivity contribution in [3.05, 3.63) is 28.8 Å². The fourth-order valence-electron chi connectivity index (χ4n) is 2.45. The number of hydrogen-bond donors (Lipinski definition) is 1. The Morgan fingerprint density at radius 1 is 1.21 bits per heavy atom. The van der Waals surface area contributed by atoms with E-state index in [-0.39, 0.29) is 0 Å². The van der Waals surface area contributed by atoms with Gasteiger partial charge in [0.05, 0.1) is 0 Å². The SMILES string of the molecule is CCCNCc1ccc(Cl)cc1N(C)C(CC)CC. The molecule has 0 saturated heterocycles. The van der Waals surface area contributed by atoms with E-state index < -0.39 is 0 Å². The van der Waals surface area contributed by atoms with Crippen LogP contribution >= 0.6 is 11.6 Å². The Morgan fingerprint density at radius 2 is 1.89 bits per heavy atom. The Bertz CT molecular complexity index is 375. The molecule has 19 heavy (non-hydrogen) atoms. The van der Waals surface area contributed by atoms with Gasteiger partial charge in [0.1, 0.15) is 0 Å². The number of nitrogens with one attached hydrogen (secondary N) is 1. The Balaban J connectivity index is 2.92. The Labute approximate surface area is 123 Å². The first-order valence-electron chi connectivity index (χ1n) is 7.35. The summed E-state index contributed by atoms with van der Waals surface area (Å²) in [4.78, 5) is 2.37. The standard InChI is InChI=1S/C16H27ClN2/c1-5-10-18-12-13-8-9-14(17)11-16(13)19(4)15(6-2)7-3/h8-9,11,15,18H,5-7,10,12H2,1-4H3. The molecule has 0 aromatic heterocycles. The molecule has 0 saturated carbocycles. The first-order chi connectivity index (χ1) is 9.13. The Kier molecular flexibility index (Phi) is 7.25.